The van der Waals surface area contributed by atoms with Crippen LogP contribution in [0.2, 0.25) is 0 Å². The Morgan fingerprint density at radius 2 is 1.50 bits per heavy atom. The summed E-state index contributed by atoms with van der Waals surface area (Å²) in [5.41, 5.74) is 0.963. The lowest BCUT2D eigenvalue weighted by Crippen LogP contribution is -2.08. The monoisotopic (exact) mass is 222 g/mol. The Hall–Kier alpha value is -0.850. The minimum atomic E-state index is -0.162. The minimum Gasteiger partial charge on any atom is -0.207 e. The molecule has 0 unspecified atom stereocenters. The van der Waals surface area contributed by atoms with Crippen LogP contribution in [0.4, 0.5) is 4.39 Å². The van der Waals surface area contributed by atoms with Crippen molar-refractivity contribution in [2.75, 3.05) is 0 Å². The molecule has 0 bridgehead atoms. The van der Waals surface area contributed by atoms with Crippen molar-refractivity contribution in [1.82, 2.24) is 0 Å². The molecule has 1 fully saturated rings. The number of rotatable bonds is 0. The normalized spacial score (nSPS) is 24.5. The van der Waals surface area contributed by atoms with Crippen molar-refractivity contribution < 1.29 is 4.39 Å². The van der Waals surface area contributed by atoms with E-state index in [4.69, 9.17) is 0 Å². The first-order valence-corrected chi connectivity index (χ1v) is 6.30. The minimum absolute atomic E-state index is 0.162. The second-order valence-electron chi connectivity index (χ2n) is 5.16. The van der Waals surface area contributed by atoms with Crippen molar-refractivity contribution in [3.63, 3.8) is 0 Å². The molecule has 0 nitrogen and oxygen atoms in total. The van der Waals surface area contributed by atoms with Crippen LogP contribution >= 0.6 is 0 Å². The zero-order valence-corrected chi connectivity index (χ0v) is 10.7. The van der Waals surface area contributed by atoms with E-state index in [1.165, 1.54) is 37.8 Å². The number of hydrogen-bond acceptors (Lipinski definition) is 0. The van der Waals surface area contributed by atoms with Crippen LogP contribution in [0.25, 0.3) is 0 Å². The molecule has 1 heteroatoms. The van der Waals surface area contributed by atoms with Gasteiger partial charge in [-0.05, 0) is 36.5 Å². The fourth-order valence-corrected chi connectivity index (χ4v) is 2.03. The molecule has 0 heterocycles. The number of aryl methyl sites for hydroxylation is 1. The molecule has 2 rings (SSSR count). The van der Waals surface area contributed by atoms with Gasteiger partial charge in [-0.1, -0.05) is 51.7 Å². The fraction of sp³-hybridized carbons (Fsp3) is 0.600. The molecular formula is C15H23F. The highest BCUT2D eigenvalue weighted by molar-refractivity contribution is 5.13. The van der Waals surface area contributed by atoms with Crippen molar-refractivity contribution in [1.29, 1.82) is 0 Å². The summed E-state index contributed by atoms with van der Waals surface area (Å²) in [7, 11) is 0. The quantitative estimate of drug-likeness (QED) is 0.581. The standard InChI is InChI=1S/C8H16.C7H7F/c1-7-3-5-8(2)6-4-7;1-6-3-2-4-7(8)5-6/h7-8H,3-6H2,1-2H3;2-5H,1H3. The Morgan fingerprint density at radius 3 is 1.81 bits per heavy atom. The molecule has 0 aliphatic heterocycles. The molecule has 1 saturated carbocycles. The summed E-state index contributed by atoms with van der Waals surface area (Å²) in [6.45, 7) is 6.60. The van der Waals surface area contributed by atoms with Gasteiger partial charge < -0.3 is 0 Å². The molecule has 0 atom stereocenters. The highest BCUT2D eigenvalue weighted by Crippen LogP contribution is 2.27. The molecule has 0 spiro atoms. The molecular weight excluding hydrogens is 199 g/mol. The Kier molecular flexibility index (Phi) is 5.51. The molecule has 16 heavy (non-hydrogen) atoms. The zero-order chi connectivity index (χ0) is 12.0. The van der Waals surface area contributed by atoms with Crippen LogP contribution in [-0.4, -0.2) is 0 Å². The summed E-state index contributed by atoms with van der Waals surface area (Å²) in [5, 5.41) is 0. The highest BCUT2D eigenvalue weighted by Gasteiger charge is 2.13. The van der Waals surface area contributed by atoms with Gasteiger partial charge in [0, 0.05) is 0 Å². The van der Waals surface area contributed by atoms with Crippen LogP contribution in [0.5, 0.6) is 0 Å². The lowest BCUT2D eigenvalue weighted by atomic mass is 9.84. The fourth-order valence-electron chi connectivity index (χ4n) is 2.03. The van der Waals surface area contributed by atoms with Crippen LogP contribution in [0.15, 0.2) is 24.3 Å². The Balaban J connectivity index is 0.000000160. The van der Waals surface area contributed by atoms with E-state index in [0.717, 1.165) is 17.4 Å². The van der Waals surface area contributed by atoms with Gasteiger partial charge in [0.2, 0.25) is 0 Å². The van der Waals surface area contributed by atoms with Crippen molar-refractivity contribution in [2.24, 2.45) is 11.8 Å². The number of hydrogen-bond donors (Lipinski definition) is 0. The molecule has 1 aliphatic rings. The Bertz CT molecular complexity index is 271. The van der Waals surface area contributed by atoms with E-state index < -0.39 is 0 Å². The predicted molar refractivity (Wildman–Crippen MR) is 67.9 cm³/mol. The van der Waals surface area contributed by atoms with Gasteiger partial charge in [-0.2, -0.15) is 0 Å². The van der Waals surface area contributed by atoms with Gasteiger partial charge in [0.05, 0.1) is 0 Å². The third-order valence-corrected chi connectivity index (χ3v) is 3.28. The summed E-state index contributed by atoms with van der Waals surface area (Å²) in [5.74, 6) is 1.88. The maximum Gasteiger partial charge on any atom is 0.123 e. The first kappa shape index (κ1) is 13.2. The van der Waals surface area contributed by atoms with Crippen LogP contribution in [0.3, 0.4) is 0 Å². The van der Waals surface area contributed by atoms with E-state index in [1.807, 2.05) is 13.0 Å². The third-order valence-electron chi connectivity index (χ3n) is 3.28. The van der Waals surface area contributed by atoms with E-state index in [-0.39, 0.29) is 5.82 Å². The zero-order valence-electron chi connectivity index (χ0n) is 10.7. The van der Waals surface area contributed by atoms with Gasteiger partial charge in [0.1, 0.15) is 5.82 Å². The summed E-state index contributed by atoms with van der Waals surface area (Å²) >= 11 is 0. The predicted octanol–water partition coefficient (Wildman–Crippen LogP) is 4.97. The first-order chi connectivity index (χ1) is 7.58. The van der Waals surface area contributed by atoms with Gasteiger partial charge in [-0.15, -0.1) is 0 Å². The van der Waals surface area contributed by atoms with Gasteiger partial charge in [0.25, 0.3) is 0 Å². The molecule has 0 aromatic heterocycles. The third kappa shape index (κ3) is 5.29. The summed E-state index contributed by atoms with van der Waals surface area (Å²) < 4.78 is 12.2. The number of benzene rings is 1. The summed E-state index contributed by atoms with van der Waals surface area (Å²) in [6, 6.07) is 6.50. The molecule has 1 aliphatic carbocycles. The van der Waals surface area contributed by atoms with Gasteiger partial charge in [-0.3, -0.25) is 0 Å². The van der Waals surface area contributed by atoms with Crippen LogP contribution < -0.4 is 0 Å². The van der Waals surface area contributed by atoms with E-state index in [2.05, 4.69) is 13.8 Å². The largest absolute Gasteiger partial charge is 0.207 e. The topological polar surface area (TPSA) is 0 Å². The van der Waals surface area contributed by atoms with Crippen molar-refractivity contribution in [2.45, 2.75) is 46.5 Å². The maximum atomic E-state index is 12.2. The first-order valence-electron chi connectivity index (χ1n) is 6.30. The molecule has 0 radical (unpaired) electrons. The summed E-state index contributed by atoms with van der Waals surface area (Å²) in [4.78, 5) is 0. The molecule has 0 saturated heterocycles. The summed E-state index contributed by atoms with van der Waals surface area (Å²) in [6.07, 6.45) is 5.89. The Morgan fingerprint density at radius 1 is 1.00 bits per heavy atom. The molecule has 1 aromatic rings. The second-order valence-corrected chi connectivity index (χ2v) is 5.16. The SMILES string of the molecule is CC1CCC(C)CC1.Cc1cccc(F)c1. The van der Waals surface area contributed by atoms with Crippen LogP contribution in [0, 0.1) is 24.6 Å². The molecule has 1 aromatic carbocycles. The van der Waals surface area contributed by atoms with Crippen LogP contribution in [0.1, 0.15) is 45.1 Å². The second kappa shape index (κ2) is 6.67. The van der Waals surface area contributed by atoms with Crippen molar-refractivity contribution in [3.8, 4) is 0 Å². The average molecular weight is 222 g/mol. The van der Waals surface area contributed by atoms with Crippen molar-refractivity contribution >= 4 is 0 Å². The molecule has 90 valence electrons. The van der Waals surface area contributed by atoms with Crippen molar-refractivity contribution in [3.05, 3.63) is 35.6 Å². The van der Waals surface area contributed by atoms with E-state index in [9.17, 15) is 4.39 Å². The Labute approximate surface area is 98.9 Å². The smallest absolute Gasteiger partial charge is 0.123 e. The van der Waals surface area contributed by atoms with Crippen LogP contribution in [-0.2, 0) is 0 Å². The van der Waals surface area contributed by atoms with Gasteiger partial charge in [0.15, 0.2) is 0 Å². The lowest BCUT2D eigenvalue weighted by Gasteiger charge is -2.22. The maximum absolute atomic E-state index is 12.2. The molecule has 0 amide bonds. The average Bonchev–Trinajstić information content (AvgIpc) is 2.23. The lowest BCUT2D eigenvalue weighted by molar-refractivity contribution is 0.308. The molecule has 0 N–H and O–H groups in total. The van der Waals surface area contributed by atoms with E-state index >= 15 is 0 Å². The van der Waals surface area contributed by atoms with Gasteiger partial charge in [-0.25, -0.2) is 4.39 Å². The van der Waals surface area contributed by atoms with E-state index in [0.29, 0.717) is 0 Å². The highest BCUT2D eigenvalue weighted by atomic mass is 19.1. The van der Waals surface area contributed by atoms with E-state index in [1.54, 1.807) is 6.07 Å². The number of halogens is 1. The van der Waals surface area contributed by atoms with Gasteiger partial charge >= 0.3 is 0 Å².